The summed E-state index contributed by atoms with van der Waals surface area (Å²) in [6.07, 6.45) is 10.0. The van der Waals surface area contributed by atoms with Crippen LogP contribution in [0.5, 0.6) is 0 Å². The van der Waals surface area contributed by atoms with Crippen molar-refractivity contribution >= 4 is 34.5 Å². The van der Waals surface area contributed by atoms with Gasteiger partial charge in [0.15, 0.2) is 0 Å². The number of fused-ring (bicyclic) bond motifs is 2. The van der Waals surface area contributed by atoms with Crippen LogP contribution in [-0.2, 0) is 24.2 Å². The first kappa shape index (κ1) is 22.5. The van der Waals surface area contributed by atoms with Gasteiger partial charge in [-0.3, -0.25) is 14.9 Å². The van der Waals surface area contributed by atoms with Crippen LogP contribution in [0.15, 0.2) is 67.0 Å². The molecular weight excluding hydrogens is 448 g/mol. The maximum atomic E-state index is 11.3. The van der Waals surface area contributed by atoms with E-state index in [1.165, 1.54) is 28.2 Å². The summed E-state index contributed by atoms with van der Waals surface area (Å²) < 4.78 is 0. The van der Waals surface area contributed by atoms with Crippen molar-refractivity contribution in [2.45, 2.75) is 31.8 Å². The van der Waals surface area contributed by atoms with E-state index in [4.69, 9.17) is 16.8 Å². The highest BCUT2D eigenvalue weighted by atomic mass is 35.5. The van der Waals surface area contributed by atoms with Gasteiger partial charge in [0.05, 0.1) is 5.02 Å². The minimum atomic E-state index is -0.537. The Balaban J connectivity index is 1.39. The molecule has 1 unspecified atom stereocenters. The number of carbonyl (C=O) groups is 1. The minimum absolute atomic E-state index is 0.290. The van der Waals surface area contributed by atoms with Crippen LogP contribution in [0.2, 0.25) is 5.02 Å². The summed E-state index contributed by atoms with van der Waals surface area (Å²) in [7, 11) is 0. The van der Waals surface area contributed by atoms with Crippen molar-refractivity contribution in [2.75, 3.05) is 6.54 Å². The lowest BCUT2D eigenvalue weighted by atomic mass is 10.0. The molecule has 174 valence electrons. The molecule has 0 radical (unpaired) electrons. The van der Waals surface area contributed by atoms with Gasteiger partial charge in [0.2, 0.25) is 0 Å². The lowest BCUT2D eigenvalue weighted by Crippen LogP contribution is -2.29. The quantitative estimate of drug-likeness (QED) is 0.157. The molecule has 0 aliphatic heterocycles. The molecule has 0 saturated heterocycles. The van der Waals surface area contributed by atoms with Gasteiger partial charge in [-0.05, 0) is 59.7 Å². The molecule has 5 rings (SSSR count). The third kappa shape index (κ3) is 4.66. The Morgan fingerprint density at radius 2 is 2.09 bits per heavy atom. The summed E-state index contributed by atoms with van der Waals surface area (Å²) >= 11 is 6.44. The first-order chi connectivity index (χ1) is 16.6. The highest BCUT2D eigenvalue weighted by molar-refractivity contribution is 6.31. The predicted octanol–water partition coefficient (Wildman–Crippen LogP) is 5.40. The molecule has 1 aliphatic carbocycles. The Morgan fingerprint density at radius 1 is 1.21 bits per heavy atom. The zero-order valence-electron chi connectivity index (χ0n) is 18.7. The van der Waals surface area contributed by atoms with Gasteiger partial charge in [0.1, 0.15) is 0 Å². The van der Waals surface area contributed by atoms with E-state index in [1.807, 2.05) is 18.3 Å². The second-order valence-electron chi connectivity index (χ2n) is 8.71. The van der Waals surface area contributed by atoms with Gasteiger partial charge < -0.3 is 9.97 Å². The smallest absolute Gasteiger partial charge is 0.267 e. The third-order valence-electron chi connectivity index (χ3n) is 6.67. The first-order valence-corrected chi connectivity index (χ1v) is 11.9. The van der Waals surface area contributed by atoms with Crippen molar-refractivity contribution in [3.63, 3.8) is 0 Å². The van der Waals surface area contributed by atoms with Crippen LogP contribution in [0.3, 0.4) is 0 Å². The van der Waals surface area contributed by atoms with Crippen molar-refractivity contribution in [1.82, 2.24) is 20.3 Å². The van der Waals surface area contributed by atoms with E-state index >= 15 is 0 Å². The van der Waals surface area contributed by atoms with E-state index < -0.39 is 5.91 Å². The monoisotopic (exact) mass is 474 g/mol. The molecule has 2 aromatic heterocycles. The largest absolute Gasteiger partial charge is 0.363 e. The molecule has 1 amide bonds. The van der Waals surface area contributed by atoms with Crippen molar-refractivity contribution in [3.8, 4) is 0 Å². The van der Waals surface area contributed by atoms with Crippen LogP contribution >= 0.6 is 11.6 Å². The molecule has 0 spiro atoms. The van der Waals surface area contributed by atoms with Crippen molar-refractivity contribution in [3.05, 3.63) is 100.0 Å². The number of nitrogens with zero attached hydrogens (tertiary/aromatic N) is 1. The average Bonchev–Trinajstić information content (AvgIpc) is 3.58. The summed E-state index contributed by atoms with van der Waals surface area (Å²) in [4.78, 5) is 20.5. The molecule has 2 aromatic carbocycles. The number of nitrogens with one attached hydrogen (secondary N) is 3. The molecular formula is C27H27ClN4O2. The number of halogens is 1. The van der Waals surface area contributed by atoms with E-state index in [0.29, 0.717) is 6.04 Å². The van der Waals surface area contributed by atoms with E-state index in [0.717, 1.165) is 54.1 Å². The minimum Gasteiger partial charge on any atom is -0.363 e. The molecule has 34 heavy (non-hydrogen) atoms. The van der Waals surface area contributed by atoms with Gasteiger partial charge in [0.25, 0.3) is 5.91 Å². The molecule has 1 aliphatic rings. The Morgan fingerprint density at radius 3 is 2.91 bits per heavy atom. The molecule has 6 nitrogen and oxygen atoms in total. The molecule has 4 N–H and O–H groups in total. The number of aromatic nitrogens is 2. The fraction of sp³-hybridized carbons (Fsp3) is 0.222. The molecule has 0 fully saturated rings. The molecule has 7 heteroatoms. The Bertz CT molecular complexity index is 1340. The molecule has 0 bridgehead atoms. The SMILES string of the molecule is O=C(/C=C/c1ccc2c(c1)CCC2N(CCc1c[nH]c2ccccc12)Cc1[nH]ccc1Cl)NO. The summed E-state index contributed by atoms with van der Waals surface area (Å²) in [6.45, 7) is 1.65. The van der Waals surface area contributed by atoms with Crippen LogP contribution < -0.4 is 5.48 Å². The van der Waals surface area contributed by atoms with Gasteiger partial charge in [-0.25, -0.2) is 5.48 Å². The van der Waals surface area contributed by atoms with Gasteiger partial charge in [0, 0.05) is 54.2 Å². The van der Waals surface area contributed by atoms with Crippen molar-refractivity contribution in [1.29, 1.82) is 0 Å². The number of para-hydroxylation sites is 1. The van der Waals surface area contributed by atoms with E-state index in [1.54, 1.807) is 11.6 Å². The molecule has 1 atom stereocenters. The Kier molecular flexibility index (Phi) is 6.54. The van der Waals surface area contributed by atoms with Crippen molar-refractivity contribution in [2.24, 2.45) is 0 Å². The Hall–Kier alpha value is -3.32. The maximum Gasteiger partial charge on any atom is 0.267 e. The van der Waals surface area contributed by atoms with Gasteiger partial charge in [-0.1, -0.05) is 48.0 Å². The Labute approximate surface area is 203 Å². The fourth-order valence-corrected chi connectivity index (χ4v) is 5.14. The standard InChI is InChI=1S/C27H27ClN4O2/c28-23-11-13-29-25(23)17-32(14-12-20-16-30-24-4-2-1-3-21(20)24)26-9-7-19-15-18(5-8-22(19)26)6-10-27(33)31-34/h1-6,8,10-11,13,15-16,26,29-30,34H,7,9,12,14,17H2,(H,31,33)/b10-6+. The maximum absolute atomic E-state index is 11.3. The highest BCUT2D eigenvalue weighted by Gasteiger charge is 2.28. The second kappa shape index (κ2) is 9.89. The van der Waals surface area contributed by atoms with E-state index in [2.05, 4.69) is 57.5 Å². The molecule has 0 saturated carbocycles. The fourth-order valence-electron chi connectivity index (χ4n) is 4.96. The number of aryl methyl sites for hydroxylation is 1. The van der Waals surface area contributed by atoms with Crippen LogP contribution in [0, 0.1) is 0 Å². The number of benzene rings is 2. The summed E-state index contributed by atoms with van der Waals surface area (Å²) in [5.41, 5.74) is 8.70. The molecule has 2 heterocycles. The van der Waals surface area contributed by atoms with Crippen molar-refractivity contribution < 1.29 is 10.0 Å². The van der Waals surface area contributed by atoms with Crippen LogP contribution in [0.1, 0.15) is 40.4 Å². The second-order valence-corrected chi connectivity index (χ2v) is 9.11. The summed E-state index contributed by atoms with van der Waals surface area (Å²) in [5, 5.41) is 10.7. The first-order valence-electron chi connectivity index (χ1n) is 11.5. The van der Waals surface area contributed by atoms with Gasteiger partial charge in [-0.2, -0.15) is 0 Å². The zero-order valence-corrected chi connectivity index (χ0v) is 19.5. The summed E-state index contributed by atoms with van der Waals surface area (Å²) in [6, 6.07) is 16.9. The average molecular weight is 475 g/mol. The molecule has 4 aromatic rings. The number of carbonyl (C=O) groups excluding carboxylic acids is 1. The van der Waals surface area contributed by atoms with E-state index in [9.17, 15) is 4.79 Å². The van der Waals surface area contributed by atoms with Crippen LogP contribution in [0.4, 0.5) is 0 Å². The number of hydrogen-bond acceptors (Lipinski definition) is 3. The number of rotatable bonds is 8. The van der Waals surface area contributed by atoms with Crippen LogP contribution in [-0.4, -0.2) is 32.5 Å². The number of hydroxylamine groups is 1. The predicted molar refractivity (Wildman–Crippen MR) is 135 cm³/mol. The number of hydrogen-bond donors (Lipinski definition) is 4. The van der Waals surface area contributed by atoms with Gasteiger partial charge in [-0.15, -0.1) is 0 Å². The lowest BCUT2D eigenvalue weighted by molar-refractivity contribution is -0.124. The topological polar surface area (TPSA) is 84.2 Å². The zero-order chi connectivity index (χ0) is 23.5. The number of aromatic amines is 2. The summed E-state index contributed by atoms with van der Waals surface area (Å²) in [5.74, 6) is -0.537. The number of H-pyrrole nitrogens is 2. The van der Waals surface area contributed by atoms with Crippen LogP contribution in [0.25, 0.3) is 17.0 Å². The third-order valence-corrected chi connectivity index (χ3v) is 7.03. The van der Waals surface area contributed by atoms with Gasteiger partial charge >= 0.3 is 0 Å². The lowest BCUT2D eigenvalue weighted by Gasteiger charge is -2.29. The number of amides is 1. The van der Waals surface area contributed by atoms with E-state index in [-0.39, 0.29) is 0 Å². The normalized spacial score (nSPS) is 15.4. The highest BCUT2D eigenvalue weighted by Crippen LogP contribution is 2.38.